The van der Waals surface area contributed by atoms with E-state index in [1.807, 2.05) is 24.5 Å². The Morgan fingerprint density at radius 2 is 1.48 bits per heavy atom. The fourth-order valence-electron chi connectivity index (χ4n) is 7.33. The average molecular weight is 888 g/mol. The van der Waals surface area contributed by atoms with Gasteiger partial charge in [0.05, 0.1) is 37.2 Å². The van der Waals surface area contributed by atoms with Crippen LogP contribution in [0.2, 0.25) is 0 Å². The summed E-state index contributed by atoms with van der Waals surface area (Å²) in [7, 11) is 0. The molecule has 62 heavy (non-hydrogen) atoms. The molecule has 2 saturated heterocycles. The molecule has 1 aromatic carbocycles. The van der Waals surface area contributed by atoms with E-state index in [9.17, 15) is 58.5 Å². The van der Waals surface area contributed by atoms with Crippen molar-refractivity contribution in [1.82, 2.24) is 47.1 Å². The molecule has 0 radical (unpaired) electrons. The summed E-state index contributed by atoms with van der Waals surface area (Å²) in [5.41, 5.74) is 1.39. The maximum atomic E-state index is 14.3. The lowest BCUT2D eigenvalue weighted by molar-refractivity contribution is -0.146. The van der Waals surface area contributed by atoms with Gasteiger partial charge < -0.3 is 62.4 Å². The number of benzene rings is 1. The quantitative estimate of drug-likeness (QED) is 0.111. The van der Waals surface area contributed by atoms with Crippen LogP contribution in [0.15, 0.2) is 29.3 Å². The fraction of sp³-hybridized carbons (Fsp3) is 0.575. The van der Waals surface area contributed by atoms with Gasteiger partial charge in [0.25, 0.3) is 0 Å². The molecular formula is C40H57N9O12S. The highest BCUT2D eigenvalue weighted by molar-refractivity contribution is 7.98. The van der Waals surface area contributed by atoms with Crippen molar-refractivity contribution in [1.29, 1.82) is 0 Å². The maximum absolute atomic E-state index is 14.3. The SMILES string of the molecule is CC[C@H](C)[C@@H]1NC(=O)CNC(=O)[C@H](Cc2c(SC)[nH]c3ccccc23)NC(=O)[C@H]([C@@H](C)[C@H](O)CO)NC(=O)[C@@H]2CCCN2C(=O)C(CC(=O)O)NC(=O)[C@H](C)NC(=O)CNC1=O. The topological polar surface area (TPSA) is 318 Å². The van der Waals surface area contributed by atoms with Crippen LogP contribution in [0.25, 0.3) is 10.9 Å². The van der Waals surface area contributed by atoms with Crippen LogP contribution >= 0.6 is 11.8 Å². The first kappa shape index (κ1) is 48.9. The Hall–Kier alpha value is -5.74. The van der Waals surface area contributed by atoms with Crippen molar-refractivity contribution in [2.24, 2.45) is 11.8 Å². The second-order valence-electron chi connectivity index (χ2n) is 15.5. The zero-order valence-corrected chi connectivity index (χ0v) is 36.1. The van der Waals surface area contributed by atoms with Crippen LogP contribution in [-0.2, 0) is 49.6 Å². The lowest BCUT2D eigenvalue weighted by atomic mass is 9.94. The first-order valence-corrected chi connectivity index (χ1v) is 21.6. The van der Waals surface area contributed by atoms with E-state index in [2.05, 4.69) is 42.2 Å². The second kappa shape index (κ2) is 22.4. The number of carbonyl (C=O) groups is 9. The molecule has 3 heterocycles. The van der Waals surface area contributed by atoms with Crippen LogP contribution in [0.1, 0.15) is 58.9 Å². The average Bonchev–Trinajstić information content (AvgIpc) is 3.88. The van der Waals surface area contributed by atoms with Gasteiger partial charge in [-0.2, -0.15) is 0 Å². The van der Waals surface area contributed by atoms with Gasteiger partial charge in [-0.25, -0.2) is 0 Å². The predicted octanol–water partition coefficient (Wildman–Crippen LogP) is -2.38. The summed E-state index contributed by atoms with van der Waals surface area (Å²) < 4.78 is 0. The molecule has 11 N–H and O–H groups in total. The van der Waals surface area contributed by atoms with Crippen molar-refractivity contribution in [3.8, 4) is 0 Å². The Balaban J connectivity index is 1.76. The van der Waals surface area contributed by atoms with Crippen molar-refractivity contribution in [3.63, 3.8) is 0 Å². The molecule has 2 fully saturated rings. The van der Waals surface area contributed by atoms with Crippen LogP contribution in [0.3, 0.4) is 0 Å². The zero-order chi connectivity index (χ0) is 45.8. The number of carboxylic acid groups (broad SMARTS) is 1. The Kier molecular flexibility index (Phi) is 17.7. The summed E-state index contributed by atoms with van der Waals surface area (Å²) in [6.07, 6.45) is -0.00201. The first-order chi connectivity index (χ1) is 29.4. The number of amides is 8. The standard InChI is InChI=1S/C40H57N9O12S/c1-6-19(2)32-37(59)42-16-29(52)43-21(4)34(56)45-26(15-31(54)55)40(61)49-13-9-12-27(49)36(58)48-33(20(3)28(51)18-50)38(60)44-25(35(57)41-17-30(53)47-32)14-23-22-10-7-8-11-24(22)46-39(23)62-5/h7-8,10-11,19-21,25-28,32-33,46,50-51H,6,9,12-18H2,1-5H3,(H,41,57)(H,42,59)(H,43,52)(H,44,60)(H,45,56)(H,47,53)(H,48,58)(H,54,55)/t19-,20-,21-,25-,26?,27-,28+,32-,33-/m0/s1. The van der Waals surface area contributed by atoms with Crippen LogP contribution in [0.4, 0.5) is 0 Å². The van der Waals surface area contributed by atoms with Gasteiger partial charge in [0.15, 0.2) is 0 Å². The minimum Gasteiger partial charge on any atom is -0.481 e. The van der Waals surface area contributed by atoms with E-state index in [0.29, 0.717) is 17.0 Å². The molecule has 2 aromatic rings. The molecule has 0 bridgehead atoms. The minimum absolute atomic E-state index is 0.0313. The van der Waals surface area contributed by atoms with E-state index < -0.39 is 134 Å². The summed E-state index contributed by atoms with van der Waals surface area (Å²) in [5.74, 6) is -9.97. The molecule has 1 aromatic heterocycles. The van der Waals surface area contributed by atoms with Crippen LogP contribution < -0.4 is 37.2 Å². The Morgan fingerprint density at radius 3 is 2.13 bits per heavy atom. The number of hydrogen-bond donors (Lipinski definition) is 11. The van der Waals surface area contributed by atoms with Crippen LogP contribution in [-0.4, -0.2) is 153 Å². The van der Waals surface area contributed by atoms with E-state index in [1.165, 1.54) is 25.6 Å². The molecule has 2 aliphatic rings. The summed E-state index contributed by atoms with van der Waals surface area (Å²) >= 11 is 1.35. The van der Waals surface area contributed by atoms with Gasteiger partial charge in [-0.15, -0.1) is 11.8 Å². The number of aromatic nitrogens is 1. The molecule has 22 heteroatoms. The number of fused-ring (bicyclic) bond motifs is 2. The Bertz CT molecular complexity index is 2010. The Morgan fingerprint density at radius 1 is 0.839 bits per heavy atom. The number of aliphatic hydroxyl groups is 2. The van der Waals surface area contributed by atoms with Crippen molar-refractivity contribution in [2.75, 3.05) is 32.5 Å². The second-order valence-corrected chi connectivity index (χ2v) is 16.4. The number of rotatable bonds is 10. The fourth-order valence-corrected chi connectivity index (χ4v) is 7.98. The number of aromatic amines is 1. The van der Waals surface area contributed by atoms with Gasteiger partial charge in [-0.1, -0.05) is 45.4 Å². The summed E-state index contributed by atoms with van der Waals surface area (Å²) in [4.78, 5) is 125. The molecule has 2 aliphatic heterocycles. The molecule has 0 spiro atoms. The Labute approximate surface area is 362 Å². The van der Waals surface area contributed by atoms with E-state index in [1.54, 1.807) is 19.9 Å². The molecule has 340 valence electrons. The summed E-state index contributed by atoms with van der Waals surface area (Å²) in [5, 5.41) is 49.1. The number of aliphatic hydroxyl groups excluding tert-OH is 2. The van der Waals surface area contributed by atoms with Crippen molar-refractivity contribution in [3.05, 3.63) is 29.8 Å². The van der Waals surface area contributed by atoms with E-state index >= 15 is 0 Å². The number of hydrogen-bond acceptors (Lipinski definition) is 12. The number of para-hydroxylation sites is 1. The molecule has 1 unspecified atom stereocenters. The minimum atomic E-state index is -1.69. The van der Waals surface area contributed by atoms with Crippen molar-refractivity contribution >= 4 is 75.9 Å². The van der Waals surface area contributed by atoms with Gasteiger partial charge in [0.2, 0.25) is 47.3 Å². The molecule has 9 atom stereocenters. The normalized spacial score (nSPS) is 25.8. The molecular weight excluding hydrogens is 831 g/mol. The first-order valence-electron chi connectivity index (χ1n) is 20.4. The van der Waals surface area contributed by atoms with Crippen LogP contribution in [0, 0.1) is 11.8 Å². The number of thioether (sulfide) groups is 1. The van der Waals surface area contributed by atoms with Gasteiger partial charge in [-0.3, -0.25) is 43.2 Å². The third-order valence-electron chi connectivity index (χ3n) is 11.2. The number of carboxylic acids is 1. The highest BCUT2D eigenvalue weighted by atomic mass is 32.2. The summed E-state index contributed by atoms with van der Waals surface area (Å²) in [6.45, 7) is 3.99. The molecule has 0 aliphatic carbocycles. The van der Waals surface area contributed by atoms with Gasteiger partial charge in [0, 0.05) is 29.8 Å². The lowest BCUT2D eigenvalue weighted by Crippen LogP contribution is -2.61. The number of nitrogens with one attached hydrogen (secondary N) is 8. The zero-order valence-electron chi connectivity index (χ0n) is 35.2. The van der Waals surface area contributed by atoms with Crippen LogP contribution in [0.5, 0.6) is 0 Å². The molecule has 4 rings (SSSR count). The van der Waals surface area contributed by atoms with Gasteiger partial charge >= 0.3 is 5.97 Å². The third-order valence-corrected chi connectivity index (χ3v) is 11.9. The number of nitrogens with zero attached hydrogens (tertiary/aromatic N) is 1. The third kappa shape index (κ3) is 12.4. The number of aliphatic carboxylic acids is 1. The smallest absolute Gasteiger partial charge is 0.305 e. The molecule has 0 saturated carbocycles. The lowest BCUT2D eigenvalue weighted by Gasteiger charge is -2.32. The number of carbonyl (C=O) groups excluding carboxylic acids is 8. The summed E-state index contributed by atoms with van der Waals surface area (Å²) in [6, 6.07) is -1.24. The highest BCUT2D eigenvalue weighted by Crippen LogP contribution is 2.30. The molecule has 8 amide bonds. The van der Waals surface area contributed by atoms with E-state index in [-0.39, 0.29) is 25.8 Å². The largest absolute Gasteiger partial charge is 0.481 e. The van der Waals surface area contributed by atoms with Gasteiger partial charge in [-0.05, 0) is 43.6 Å². The van der Waals surface area contributed by atoms with E-state index in [0.717, 1.165) is 15.8 Å². The van der Waals surface area contributed by atoms with E-state index in [4.69, 9.17) is 0 Å². The monoisotopic (exact) mass is 887 g/mol. The molecule has 21 nitrogen and oxygen atoms in total. The predicted molar refractivity (Wildman–Crippen MR) is 224 cm³/mol. The highest BCUT2D eigenvalue weighted by Gasteiger charge is 2.42. The maximum Gasteiger partial charge on any atom is 0.305 e. The van der Waals surface area contributed by atoms with Crippen molar-refractivity contribution in [2.45, 2.75) is 107 Å². The van der Waals surface area contributed by atoms with Gasteiger partial charge in [0.1, 0.15) is 36.3 Å². The number of H-pyrrole nitrogens is 1. The van der Waals surface area contributed by atoms with Crippen molar-refractivity contribution < 1.29 is 58.5 Å².